The summed E-state index contributed by atoms with van der Waals surface area (Å²) in [5.41, 5.74) is 4.43. The van der Waals surface area contributed by atoms with Crippen LogP contribution in [0.3, 0.4) is 0 Å². The molecule has 0 bridgehead atoms. The summed E-state index contributed by atoms with van der Waals surface area (Å²) in [5.74, 6) is 0.214. The number of carbonyl (C=O) groups excluding carboxylic acids is 1. The van der Waals surface area contributed by atoms with E-state index in [-0.39, 0.29) is 5.78 Å². The second-order valence-corrected chi connectivity index (χ2v) is 5.21. The Hall–Kier alpha value is -1.24. The van der Waals surface area contributed by atoms with Gasteiger partial charge in [0, 0.05) is 5.56 Å². The van der Waals surface area contributed by atoms with Crippen molar-refractivity contribution in [3.05, 3.63) is 34.4 Å². The summed E-state index contributed by atoms with van der Waals surface area (Å²) in [6, 6.07) is 1.82. The highest BCUT2D eigenvalue weighted by molar-refractivity contribution is 6.41. The number of allylic oxidation sites excluding steroid dienone is 2. The van der Waals surface area contributed by atoms with E-state index in [1.165, 1.54) is 0 Å². The zero-order valence-corrected chi connectivity index (χ0v) is 11.8. The minimum atomic E-state index is -0.0768. The maximum Gasteiger partial charge on any atom is 0.185 e. The number of carbonyl (C=O) groups is 1. The van der Waals surface area contributed by atoms with Gasteiger partial charge in [0.25, 0.3) is 0 Å². The molecule has 0 unspecified atom stereocenters. The fourth-order valence-electron chi connectivity index (χ4n) is 2.02. The van der Waals surface area contributed by atoms with Crippen LogP contribution in [-0.4, -0.2) is 21.5 Å². The van der Waals surface area contributed by atoms with E-state index in [2.05, 4.69) is 13.8 Å². The molecular weight excluding hydrogens is 218 g/mol. The molecule has 4 radical (unpaired) electrons. The van der Waals surface area contributed by atoms with Crippen molar-refractivity contribution >= 4 is 32.4 Å². The Morgan fingerprint density at radius 1 is 1.28 bits per heavy atom. The molecule has 0 aromatic heterocycles. The van der Waals surface area contributed by atoms with Gasteiger partial charge in [-0.3, -0.25) is 4.79 Å². The molecule has 0 amide bonds. The average Bonchev–Trinajstić information content (AvgIpc) is 2.22. The van der Waals surface area contributed by atoms with Gasteiger partial charge in [0.2, 0.25) is 0 Å². The van der Waals surface area contributed by atoms with Crippen molar-refractivity contribution in [3.63, 3.8) is 0 Å². The molecule has 90 valence electrons. The molecule has 0 N–H and O–H groups in total. The van der Waals surface area contributed by atoms with Crippen LogP contribution >= 0.6 is 0 Å². The molecule has 1 nitrogen and oxygen atoms in total. The molecule has 1 rings (SSSR count). The van der Waals surface area contributed by atoms with Crippen LogP contribution in [0.4, 0.5) is 0 Å². The second kappa shape index (κ2) is 5.60. The van der Waals surface area contributed by atoms with Crippen LogP contribution in [0.5, 0.6) is 0 Å². The fourth-order valence-corrected chi connectivity index (χ4v) is 2.02. The van der Waals surface area contributed by atoms with E-state index in [9.17, 15) is 4.79 Å². The molecule has 3 heteroatoms. The molecule has 0 atom stereocenters. The lowest BCUT2D eigenvalue weighted by molar-refractivity contribution is 0.104. The van der Waals surface area contributed by atoms with Gasteiger partial charge in [-0.25, -0.2) is 0 Å². The van der Waals surface area contributed by atoms with Gasteiger partial charge >= 0.3 is 0 Å². The van der Waals surface area contributed by atoms with Crippen molar-refractivity contribution in [2.45, 2.75) is 40.5 Å². The molecule has 1 aromatic carbocycles. The van der Waals surface area contributed by atoms with Gasteiger partial charge in [0.1, 0.15) is 15.7 Å². The molecule has 0 spiro atoms. The Morgan fingerprint density at radius 2 is 1.83 bits per heavy atom. The van der Waals surface area contributed by atoms with Crippen LogP contribution < -0.4 is 10.9 Å². The first-order valence-corrected chi connectivity index (χ1v) is 6.13. The molecular formula is C15H18B2O. The van der Waals surface area contributed by atoms with Gasteiger partial charge in [-0.2, -0.15) is 0 Å². The first-order chi connectivity index (χ1) is 8.25. The topological polar surface area (TPSA) is 17.1 Å². The molecule has 18 heavy (non-hydrogen) atoms. The van der Waals surface area contributed by atoms with Gasteiger partial charge < -0.3 is 0 Å². The molecule has 0 fully saturated rings. The van der Waals surface area contributed by atoms with Crippen molar-refractivity contribution in [1.82, 2.24) is 0 Å². The number of hydrogen-bond donors (Lipinski definition) is 0. The third-order valence-electron chi connectivity index (χ3n) is 2.98. The Balaban J connectivity index is 3.45. The summed E-state index contributed by atoms with van der Waals surface area (Å²) >= 11 is 0. The highest BCUT2D eigenvalue weighted by Crippen LogP contribution is 2.15. The quantitative estimate of drug-likeness (QED) is 0.444. The van der Waals surface area contributed by atoms with Crippen molar-refractivity contribution in [2.75, 3.05) is 0 Å². The molecule has 0 saturated carbocycles. The molecule has 0 saturated heterocycles. The number of ketones is 1. The zero-order valence-electron chi connectivity index (χ0n) is 11.8. The van der Waals surface area contributed by atoms with E-state index in [4.69, 9.17) is 15.7 Å². The van der Waals surface area contributed by atoms with Crippen LogP contribution in [0.25, 0.3) is 0 Å². The molecule has 0 aliphatic carbocycles. The summed E-state index contributed by atoms with van der Waals surface area (Å²) in [6.45, 7) is 9.73. The van der Waals surface area contributed by atoms with Crippen molar-refractivity contribution < 1.29 is 4.79 Å². The lowest BCUT2D eigenvalue weighted by Gasteiger charge is -2.18. The van der Waals surface area contributed by atoms with E-state index in [0.717, 1.165) is 16.7 Å². The third-order valence-corrected chi connectivity index (χ3v) is 2.98. The summed E-state index contributed by atoms with van der Waals surface area (Å²) in [6.07, 6.45) is 1.59. The number of hydrogen-bond acceptors (Lipinski definition) is 1. The van der Waals surface area contributed by atoms with Crippen LogP contribution in [0.15, 0.2) is 17.7 Å². The molecule has 0 aliphatic rings. The van der Waals surface area contributed by atoms with Gasteiger partial charge in [-0.05, 0) is 38.3 Å². The molecule has 0 heterocycles. The highest BCUT2D eigenvalue weighted by atomic mass is 16.1. The Labute approximate surface area is 112 Å². The van der Waals surface area contributed by atoms with Gasteiger partial charge in [-0.1, -0.05) is 42.0 Å². The highest BCUT2D eigenvalue weighted by Gasteiger charge is 2.15. The lowest BCUT2D eigenvalue weighted by Crippen LogP contribution is -2.27. The van der Waals surface area contributed by atoms with E-state index >= 15 is 0 Å². The van der Waals surface area contributed by atoms with Gasteiger partial charge in [0.15, 0.2) is 5.78 Å². The Morgan fingerprint density at radius 3 is 2.28 bits per heavy atom. The minimum Gasteiger partial charge on any atom is -0.289 e. The largest absolute Gasteiger partial charge is 0.289 e. The smallest absolute Gasteiger partial charge is 0.185 e. The standard InChI is InChI=1S/C15H18B2O/c1-8(2)6-13(18)14-10(5)15(17)11(9(3)4)7-12(14)16/h6-7,9H,1-5H3. The summed E-state index contributed by atoms with van der Waals surface area (Å²) < 4.78 is 0. The van der Waals surface area contributed by atoms with Crippen molar-refractivity contribution in [1.29, 1.82) is 0 Å². The van der Waals surface area contributed by atoms with E-state index in [1.54, 1.807) is 6.08 Å². The summed E-state index contributed by atoms with van der Waals surface area (Å²) in [4.78, 5) is 12.1. The Kier molecular flexibility index (Phi) is 4.61. The summed E-state index contributed by atoms with van der Waals surface area (Å²) in [5, 5.41) is 0. The maximum atomic E-state index is 12.1. The SMILES string of the molecule is [B]c1cc(C(C)C)c([B])c(C)c1C(=O)C=C(C)C. The monoisotopic (exact) mass is 236 g/mol. The number of benzene rings is 1. The van der Waals surface area contributed by atoms with Crippen LogP contribution in [0.1, 0.15) is 55.1 Å². The second-order valence-electron chi connectivity index (χ2n) is 5.21. The van der Waals surface area contributed by atoms with Crippen molar-refractivity contribution in [2.24, 2.45) is 0 Å². The normalized spacial score (nSPS) is 10.6. The first kappa shape index (κ1) is 14.8. The predicted molar refractivity (Wildman–Crippen MR) is 79.8 cm³/mol. The predicted octanol–water partition coefficient (Wildman–Crippen LogP) is 1.85. The lowest BCUT2D eigenvalue weighted by atomic mass is 9.74. The molecule has 1 aromatic rings. The van der Waals surface area contributed by atoms with Crippen LogP contribution in [0, 0.1) is 6.92 Å². The van der Waals surface area contributed by atoms with Crippen LogP contribution in [-0.2, 0) is 0 Å². The zero-order chi connectivity index (χ0) is 14.0. The van der Waals surface area contributed by atoms with Gasteiger partial charge in [0.05, 0.1) is 0 Å². The third kappa shape index (κ3) is 2.95. The minimum absolute atomic E-state index is 0.0768. The maximum absolute atomic E-state index is 12.1. The van der Waals surface area contributed by atoms with E-state index in [0.29, 0.717) is 22.4 Å². The van der Waals surface area contributed by atoms with Crippen LogP contribution in [0.2, 0.25) is 0 Å². The molecule has 0 aliphatic heterocycles. The van der Waals surface area contributed by atoms with Crippen molar-refractivity contribution in [3.8, 4) is 0 Å². The first-order valence-electron chi connectivity index (χ1n) is 6.13. The van der Waals surface area contributed by atoms with E-state index < -0.39 is 0 Å². The summed E-state index contributed by atoms with van der Waals surface area (Å²) in [7, 11) is 12.1. The Bertz CT molecular complexity index is 510. The average molecular weight is 236 g/mol. The fraction of sp³-hybridized carbons (Fsp3) is 0.400. The number of rotatable bonds is 3. The van der Waals surface area contributed by atoms with E-state index in [1.807, 2.05) is 26.8 Å². The van der Waals surface area contributed by atoms with Gasteiger partial charge in [-0.15, -0.1) is 0 Å².